The second-order valence-corrected chi connectivity index (χ2v) is 9.90. The zero-order chi connectivity index (χ0) is 29.1. The van der Waals surface area contributed by atoms with Crippen LogP contribution in [0.4, 0.5) is 0 Å². The van der Waals surface area contributed by atoms with Gasteiger partial charge in [0.1, 0.15) is 6.10 Å². The lowest BCUT2D eigenvalue weighted by atomic mass is 9.93. The Labute approximate surface area is 235 Å². The fraction of sp³-hybridized carbons (Fsp3) is 1.00. The third-order valence-corrected chi connectivity index (χ3v) is 7.37. The summed E-state index contributed by atoms with van der Waals surface area (Å²) in [5, 5.41) is 0. The normalized spacial score (nSPS) is 13.7. The fourth-order valence-corrected chi connectivity index (χ4v) is 4.98. The number of unbranched alkanes of at least 4 members (excludes halogenated alkanes) is 10. The van der Waals surface area contributed by atoms with E-state index in [-0.39, 0.29) is 12.0 Å². The Kier molecular flexibility index (Phi) is 28.2. The van der Waals surface area contributed by atoms with Crippen molar-refractivity contribution < 1.29 is 33.2 Å². The van der Waals surface area contributed by atoms with Gasteiger partial charge in [0.05, 0.1) is 0 Å². The second-order valence-electron chi connectivity index (χ2n) is 9.90. The quantitative estimate of drug-likeness (QED) is 0.0905. The van der Waals surface area contributed by atoms with E-state index in [1.54, 1.807) is 49.8 Å². The van der Waals surface area contributed by atoms with E-state index in [2.05, 4.69) is 13.8 Å². The van der Waals surface area contributed by atoms with Crippen LogP contribution in [0.15, 0.2) is 0 Å². The highest BCUT2D eigenvalue weighted by atomic mass is 16.9. The summed E-state index contributed by atoms with van der Waals surface area (Å²) >= 11 is 0. The van der Waals surface area contributed by atoms with Crippen molar-refractivity contribution in [1.29, 1.82) is 0 Å². The summed E-state index contributed by atoms with van der Waals surface area (Å²) < 4.78 is 37.9. The molecule has 232 valence electrons. The lowest BCUT2D eigenvalue weighted by molar-refractivity contribution is -0.392. The van der Waals surface area contributed by atoms with Crippen molar-refractivity contribution in [3.8, 4) is 0 Å². The highest BCUT2D eigenvalue weighted by molar-refractivity contribution is 4.72. The number of hydrogen-bond acceptors (Lipinski definition) is 8. The van der Waals surface area contributed by atoms with Gasteiger partial charge in [0.2, 0.25) is 0 Å². The number of methoxy groups -OCH3 is 7. The lowest BCUT2D eigenvalue weighted by Crippen LogP contribution is -2.48. The van der Waals surface area contributed by atoms with Crippen LogP contribution in [0, 0.1) is 5.92 Å². The largest absolute Gasteiger partial charge is 0.373 e. The molecule has 2 atom stereocenters. The van der Waals surface area contributed by atoms with Crippen LogP contribution in [0.1, 0.15) is 117 Å². The van der Waals surface area contributed by atoms with Gasteiger partial charge in [-0.3, -0.25) is 0 Å². The predicted octanol–water partition coefficient (Wildman–Crippen LogP) is 7.03. The van der Waals surface area contributed by atoms with Crippen molar-refractivity contribution in [3.63, 3.8) is 0 Å². The summed E-state index contributed by atoms with van der Waals surface area (Å²) in [6.45, 7) is 5.16. The van der Waals surface area contributed by atoms with Gasteiger partial charge in [0, 0.05) is 55.7 Å². The third kappa shape index (κ3) is 16.1. The molecular weight excluding hydrogens is 486 g/mol. The molecule has 0 amide bonds. The van der Waals surface area contributed by atoms with E-state index in [0.29, 0.717) is 6.54 Å². The van der Waals surface area contributed by atoms with Gasteiger partial charge in [0.15, 0.2) is 0 Å². The van der Waals surface area contributed by atoms with Crippen LogP contribution in [0.3, 0.4) is 0 Å². The summed E-state index contributed by atoms with van der Waals surface area (Å²) in [7, 11) is 11.3. The van der Waals surface area contributed by atoms with Crippen LogP contribution in [-0.4, -0.2) is 74.4 Å². The Hall–Kier alpha value is -0.320. The molecule has 0 aliphatic carbocycles. The van der Waals surface area contributed by atoms with Crippen LogP contribution in [0.25, 0.3) is 0 Å². The van der Waals surface area contributed by atoms with Gasteiger partial charge < -0.3 is 38.9 Å². The second kappa shape index (κ2) is 26.9. The van der Waals surface area contributed by atoms with Gasteiger partial charge in [-0.05, 0) is 32.2 Å². The number of rotatable bonds is 26. The first-order chi connectivity index (χ1) is 18.4. The van der Waals surface area contributed by atoms with E-state index in [0.717, 1.165) is 32.1 Å². The van der Waals surface area contributed by atoms with Gasteiger partial charge in [-0.15, -0.1) is 0 Å². The van der Waals surface area contributed by atoms with Crippen LogP contribution >= 0.6 is 0 Å². The predicted molar refractivity (Wildman–Crippen MR) is 156 cm³/mol. The van der Waals surface area contributed by atoms with E-state index in [1.807, 2.05) is 0 Å². The van der Waals surface area contributed by atoms with E-state index >= 15 is 0 Å². The SMILES string of the molecule is CCCCCCCCC(CCCN)C(OC)(OC)OC.CCCCCCCCC(OC)C(OC)(OC)OC. The highest BCUT2D eigenvalue weighted by Crippen LogP contribution is 2.32. The van der Waals surface area contributed by atoms with Crippen molar-refractivity contribution in [2.45, 2.75) is 135 Å². The third-order valence-electron chi connectivity index (χ3n) is 7.37. The van der Waals surface area contributed by atoms with Crippen LogP contribution in [-0.2, 0) is 33.2 Å². The summed E-state index contributed by atoms with van der Waals surface area (Å²) in [5.41, 5.74) is 5.63. The molecule has 38 heavy (non-hydrogen) atoms. The Morgan fingerprint density at radius 1 is 0.474 bits per heavy atom. The van der Waals surface area contributed by atoms with Crippen LogP contribution in [0.5, 0.6) is 0 Å². The summed E-state index contributed by atoms with van der Waals surface area (Å²) in [5.74, 6) is -1.77. The standard InChI is InChI=1S/C16H35NO3.C14H30O4/c1-5-6-7-8-9-10-12-15(13-11-14-17)16(18-2,19-3)20-4;1-6-7-8-9-10-11-12-13(15-2)14(16-3,17-4)18-5/h15H,5-14,17H2,1-4H3;13H,6-12H2,1-5H3. The minimum absolute atomic E-state index is 0.205. The number of hydrogen-bond donors (Lipinski definition) is 1. The topological polar surface area (TPSA) is 90.6 Å². The Balaban J connectivity index is 0. The lowest BCUT2D eigenvalue weighted by Gasteiger charge is -2.36. The molecule has 8 nitrogen and oxygen atoms in total. The van der Waals surface area contributed by atoms with Gasteiger partial charge in [-0.1, -0.05) is 90.9 Å². The first-order valence-electron chi connectivity index (χ1n) is 14.9. The van der Waals surface area contributed by atoms with Crippen LogP contribution in [0.2, 0.25) is 0 Å². The molecule has 0 saturated carbocycles. The van der Waals surface area contributed by atoms with Crippen molar-refractivity contribution in [2.75, 3.05) is 56.3 Å². The van der Waals surface area contributed by atoms with E-state index < -0.39 is 11.9 Å². The molecular formula is C30H65NO7. The van der Waals surface area contributed by atoms with Crippen molar-refractivity contribution in [1.82, 2.24) is 0 Å². The molecule has 0 aromatic carbocycles. The molecule has 0 radical (unpaired) electrons. The Morgan fingerprint density at radius 2 is 0.842 bits per heavy atom. The highest BCUT2D eigenvalue weighted by Gasteiger charge is 2.40. The molecule has 2 unspecified atom stereocenters. The molecule has 0 saturated heterocycles. The van der Waals surface area contributed by atoms with Gasteiger partial charge in [-0.25, -0.2) is 0 Å². The maximum absolute atomic E-state index is 5.63. The molecule has 8 heteroatoms. The zero-order valence-electron chi connectivity index (χ0n) is 26.6. The maximum Gasteiger partial charge on any atom is 0.310 e. The van der Waals surface area contributed by atoms with Crippen molar-refractivity contribution in [2.24, 2.45) is 11.7 Å². The molecule has 0 heterocycles. The summed E-state index contributed by atoms with van der Waals surface area (Å²) in [6.07, 6.45) is 18.9. The van der Waals surface area contributed by atoms with Crippen LogP contribution < -0.4 is 5.73 Å². The Morgan fingerprint density at radius 3 is 1.21 bits per heavy atom. The molecule has 2 N–H and O–H groups in total. The summed E-state index contributed by atoms with van der Waals surface area (Å²) in [4.78, 5) is 0. The smallest absolute Gasteiger partial charge is 0.310 e. The molecule has 0 aromatic rings. The minimum atomic E-state index is -1.09. The molecule has 0 bridgehead atoms. The molecule has 0 spiro atoms. The Bertz CT molecular complexity index is 457. The van der Waals surface area contributed by atoms with E-state index in [9.17, 15) is 0 Å². The first kappa shape index (κ1) is 39.8. The molecule has 0 fully saturated rings. The number of ether oxygens (including phenoxy) is 7. The average Bonchev–Trinajstić information content (AvgIpc) is 2.96. The van der Waals surface area contributed by atoms with Gasteiger partial charge in [0.25, 0.3) is 5.97 Å². The molecule has 0 rings (SSSR count). The molecule has 0 aliphatic heterocycles. The zero-order valence-corrected chi connectivity index (χ0v) is 26.6. The average molecular weight is 552 g/mol. The minimum Gasteiger partial charge on any atom is -0.373 e. The van der Waals surface area contributed by atoms with Gasteiger partial charge in [-0.2, -0.15) is 0 Å². The fourth-order valence-electron chi connectivity index (χ4n) is 4.98. The monoisotopic (exact) mass is 551 g/mol. The van der Waals surface area contributed by atoms with E-state index in [1.165, 1.54) is 70.6 Å². The van der Waals surface area contributed by atoms with Gasteiger partial charge >= 0.3 is 5.97 Å². The summed E-state index contributed by atoms with van der Waals surface area (Å²) in [6, 6.07) is 0. The molecule has 0 aliphatic rings. The first-order valence-corrected chi connectivity index (χ1v) is 14.9. The van der Waals surface area contributed by atoms with Crippen molar-refractivity contribution in [3.05, 3.63) is 0 Å². The number of nitrogens with two attached hydrogens (primary N) is 1. The maximum atomic E-state index is 5.63. The molecule has 0 aromatic heterocycles. The van der Waals surface area contributed by atoms with E-state index in [4.69, 9.17) is 38.9 Å². The van der Waals surface area contributed by atoms with Crippen molar-refractivity contribution >= 4 is 0 Å².